The number of rotatable bonds is 2. The monoisotopic (exact) mass is 290 g/mol. The minimum atomic E-state index is -1.33. The Bertz CT molecular complexity index is 642. The maximum Gasteiger partial charge on any atom is 0.373 e. The van der Waals surface area contributed by atoms with Crippen molar-refractivity contribution in [1.29, 1.82) is 0 Å². The first-order chi connectivity index (χ1) is 9.65. The Balaban J connectivity index is 2.08. The molecule has 2 aromatic carbocycles. The topological polar surface area (TPSA) is 55.8 Å². The molecule has 0 amide bonds. The van der Waals surface area contributed by atoms with Gasteiger partial charge in [-0.1, -0.05) is 41.9 Å². The van der Waals surface area contributed by atoms with E-state index >= 15 is 0 Å². The zero-order valence-corrected chi connectivity index (χ0v) is 11.1. The lowest BCUT2D eigenvalue weighted by Crippen LogP contribution is -2.35. The third-order valence-corrected chi connectivity index (χ3v) is 3.29. The van der Waals surface area contributed by atoms with E-state index < -0.39 is 18.4 Å². The molecule has 20 heavy (non-hydrogen) atoms. The van der Waals surface area contributed by atoms with Gasteiger partial charge in [0.05, 0.1) is 0 Å². The predicted octanol–water partition coefficient (Wildman–Crippen LogP) is 3.25. The van der Waals surface area contributed by atoms with Crippen LogP contribution in [0.1, 0.15) is 17.2 Å². The summed E-state index contributed by atoms with van der Waals surface area (Å²) in [7, 11) is 0. The van der Waals surface area contributed by atoms with Gasteiger partial charge in [0, 0.05) is 10.6 Å². The van der Waals surface area contributed by atoms with Gasteiger partial charge in [-0.3, -0.25) is 0 Å². The molecule has 5 heteroatoms. The van der Waals surface area contributed by atoms with Crippen LogP contribution in [0, 0.1) is 0 Å². The van der Waals surface area contributed by atoms with Gasteiger partial charge < -0.3 is 14.6 Å². The van der Waals surface area contributed by atoms with E-state index in [1.165, 1.54) is 0 Å². The number of carboxylic acid groups (broad SMARTS) is 1. The fraction of sp³-hybridized carbons (Fsp3) is 0.133. The van der Waals surface area contributed by atoms with Gasteiger partial charge in [-0.25, -0.2) is 4.79 Å². The SMILES string of the molecule is O=C(O)[C@H]1Oc2ccc(Cl)cc2[C@@H](c2ccccc2)O1. The van der Waals surface area contributed by atoms with E-state index in [1.807, 2.05) is 30.3 Å². The first-order valence-corrected chi connectivity index (χ1v) is 6.42. The smallest absolute Gasteiger partial charge is 0.373 e. The van der Waals surface area contributed by atoms with E-state index in [9.17, 15) is 4.79 Å². The van der Waals surface area contributed by atoms with Crippen molar-refractivity contribution in [2.75, 3.05) is 0 Å². The molecule has 0 saturated carbocycles. The predicted molar refractivity (Wildman–Crippen MR) is 72.9 cm³/mol. The third kappa shape index (κ3) is 2.35. The molecule has 2 aromatic rings. The molecule has 0 radical (unpaired) electrons. The lowest BCUT2D eigenvalue weighted by Gasteiger charge is -2.30. The van der Waals surface area contributed by atoms with Crippen LogP contribution in [0.3, 0.4) is 0 Å². The Labute approximate surface area is 120 Å². The molecule has 0 aromatic heterocycles. The van der Waals surface area contributed by atoms with E-state index in [1.54, 1.807) is 18.2 Å². The summed E-state index contributed by atoms with van der Waals surface area (Å²) in [5.74, 6) is -0.687. The Morgan fingerprint density at radius 3 is 2.60 bits per heavy atom. The van der Waals surface area contributed by atoms with Crippen molar-refractivity contribution in [3.8, 4) is 5.75 Å². The molecule has 1 heterocycles. The van der Waals surface area contributed by atoms with E-state index in [2.05, 4.69) is 0 Å². The first-order valence-electron chi connectivity index (χ1n) is 6.04. The number of aliphatic carboxylic acids is 1. The van der Waals surface area contributed by atoms with Crippen molar-refractivity contribution in [3.05, 3.63) is 64.7 Å². The van der Waals surface area contributed by atoms with Gasteiger partial charge in [-0.05, 0) is 23.8 Å². The fourth-order valence-electron chi connectivity index (χ4n) is 2.17. The summed E-state index contributed by atoms with van der Waals surface area (Å²) in [4.78, 5) is 11.1. The Morgan fingerprint density at radius 2 is 1.90 bits per heavy atom. The number of hydrogen-bond donors (Lipinski definition) is 1. The molecule has 4 nitrogen and oxygen atoms in total. The summed E-state index contributed by atoms with van der Waals surface area (Å²) in [6.07, 6.45) is -1.84. The molecule has 0 fully saturated rings. The van der Waals surface area contributed by atoms with Gasteiger partial charge in [0.15, 0.2) is 0 Å². The van der Waals surface area contributed by atoms with Crippen LogP contribution in [0.15, 0.2) is 48.5 Å². The molecular weight excluding hydrogens is 280 g/mol. The highest BCUT2D eigenvalue weighted by molar-refractivity contribution is 6.30. The van der Waals surface area contributed by atoms with Gasteiger partial charge in [-0.15, -0.1) is 0 Å². The van der Waals surface area contributed by atoms with Crippen LogP contribution in [0.5, 0.6) is 5.75 Å². The van der Waals surface area contributed by atoms with Gasteiger partial charge >= 0.3 is 5.97 Å². The highest BCUT2D eigenvalue weighted by Gasteiger charge is 2.34. The van der Waals surface area contributed by atoms with Crippen molar-refractivity contribution < 1.29 is 19.4 Å². The summed E-state index contributed by atoms with van der Waals surface area (Å²) in [5, 5.41) is 9.65. The van der Waals surface area contributed by atoms with Crippen LogP contribution in [0.2, 0.25) is 5.02 Å². The summed E-state index contributed by atoms with van der Waals surface area (Å²) in [6, 6.07) is 14.4. The molecule has 0 saturated heterocycles. The van der Waals surface area contributed by atoms with Crippen LogP contribution in [-0.2, 0) is 9.53 Å². The first kappa shape index (κ1) is 13.0. The molecule has 0 bridgehead atoms. The average Bonchev–Trinajstić information content (AvgIpc) is 2.47. The van der Waals surface area contributed by atoms with Gasteiger partial charge in [0.2, 0.25) is 0 Å². The van der Waals surface area contributed by atoms with Crippen LogP contribution in [0.4, 0.5) is 0 Å². The molecule has 3 rings (SSSR count). The molecule has 1 aliphatic rings. The largest absolute Gasteiger partial charge is 0.477 e. The number of carbonyl (C=O) groups is 1. The number of fused-ring (bicyclic) bond motifs is 1. The second-order valence-electron chi connectivity index (χ2n) is 4.40. The van der Waals surface area contributed by atoms with Crippen molar-refractivity contribution >= 4 is 17.6 Å². The average molecular weight is 291 g/mol. The minimum Gasteiger partial charge on any atom is -0.477 e. The van der Waals surface area contributed by atoms with Gasteiger partial charge in [-0.2, -0.15) is 0 Å². The van der Waals surface area contributed by atoms with Crippen molar-refractivity contribution in [2.45, 2.75) is 12.4 Å². The van der Waals surface area contributed by atoms with E-state index in [0.717, 1.165) is 11.1 Å². The highest BCUT2D eigenvalue weighted by Crippen LogP contribution is 2.39. The molecule has 1 aliphatic heterocycles. The molecule has 0 spiro atoms. The Hall–Kier alpha value is -2.04. The lowest BCUT2D eigenvalue weighted by atomic mass is 9.99. The van der Waals surface area contributed by atoms with E-state index in [-0.39, 0.29) is 0 Å². The molecule has 0 unspecified atom stereocenters. The summed E-state index contributed by atoms with van der Waals surface area (Å²) in [5.41, 5.74) is 1.58. The van der Waals surface area contributed by atoms with Gasteiger partial charge in [0.1, 0.15) is 11.9 Å². The third-order valence-electron chi connectivity index (χ3n) is 3.05. The van der Waals surface area contributed by atoms with Crippen LogP contribution in [0.25, 0.3) is 0 Å². The Morgan fingerprint density at radius 1 is 1.15 bits per heavy atom. The number of halogens is 1. The van der Waals surface area contributed by atoms with Crippen LogP contribution in [-0.4, -0.2) is 17.4 Å². The fourth-order valence-corrected chi connectivity index (χ4v) is 2.35. The molecule has 0 aliphatic carbocycles. The van der Waals surface area contributed by atoms with Gasteiger partial charge in [0.25, 0.3) is 6.29 Å². The van der Waals surface area contributed by atoms with E-state index in [0.29, 0.717) is 10.8 Å². The number of benzene rings is 2. The van der Waals surface area contributed by atoms with Crippen LogP contribution < -0.4 is 4.74 Å². The minimum absolute atomic E-state index is 0.474. The molecule has 2 atom stereocenters. The molecule has 1 N–H and O–H groups in total. The summed E-state index contributed by atoms with van der Waals surface area (Å²) >= 11 is 6.00. The molecule has 102 valence electrons. The quantitative estimate of drug-likeness (QED) is 0.922. The second kappa shape index (κ2) is 5.15. The zero-order chi connectivity index (χ0) is 14.1. The highest BCUT2D eigenvalue weighted by atomic mass is 35.5. The molecular formula is C15H11ClO4. The van der Waals surface area contributed by atoms with Crippen molar-refractivity contribution in [1.82, 2.24) is 0 Å². The summed E-state index contributed by atoms with van der Waals surface area (Å²) < 4.78 is 10.9. The maximum absolute atomic E-state index is 11.1. The lowest BCUT2D eigenvalue weighted by molar-refractivity contribution is -0.183. The number of ether oxygens (including phenoxy) is 2. The number of carboxylic acids is 1. The Kier molecular flexibility index (Phi) is 3.34. The van der Waals surface area contributed by atoms with Crippen LogP contribution >= 0.6 is 11.6 Å². The van der Waals surface area contributed by atoms with E-state index in [4.69, 9.17) is 26.2 Å². The zero-order valence-electron chi connectivity index (χ0n) is 10.3. The van der Waals surface area contributed by atoms with Crippen molar-refractivity contribution in [2.24, 2.45) is 0 Å². The normalized spacial score (nSPS) is 20.9. The standard InChI is InChI=1S/C15H11ClO4/c16-10-6-7-12-11(8-10)13(9-4-2-1-3-5-9)20-15(19-12)14(17)18/h1-8,13,15H,(H,17,18)/t13-,15+/m1/s1. The summed E-state index contributed by atoms with van der Waals surface area (Å²) in [6.45, 7) is 0. The second-order valence-corrected chi connectivity index (χ2v) is 4.83. The van der Waals surface area contributed by atoms with Crippen molar-refractivity contribution in [3.63, 3.8) is 0 Å². The maximum atomic E-state index is 11.1. The number of hydrogen-bond acceptors (Lipinski definition) is 3.